The van der Waals surface area contributed by atoms with Gasteiger partial charge in [0.2, 0.25) is 10.0 Å². The number of sulfonamides is 1. The minimum Gasteiger partial charge on any atom is -0.487 e. The smallest absolute Gasteiger partial charge is 0.259 e. The molecule has 0 radical (unpaired) electrons. The first-order valence-electron chi connectivity index (χ1n) is 7.65. The van der Waals surface area contributed by atoms with Gasteiger partial charge in [-0.3, -0.25) is 4.79 Å². The van der Waals surface area contributed by atoms with E-state index in [9.17, 15) is 13.2 Å². The van der Waals surface area contributed by atoms with Gasteiger partial charge in [-0.25, -0.2) is 17.7 Å². The Bertz CT molecular complexity index is 872. The van der Waals surface area contributed by atoms with Crippen LogP contribution in [0.25, 0.3) is 6.08 Å². The van der Waals surface area contributed by atoms with Crippen LogP contribution in [0.4, 0.5) is 0 Å². The molecule has 1 amide bonds. The van der Waals surface area contributed by atoms with E-state index in [2.05, 4.69) is 4.98 Å². The lowest BCUT2D eigenvalue weighted by atomic mass is 10.2. The van der Waals surface area contributed by atoms with Gasteiger partial charge >= 0.3 is 0 Å². The Labute approximate surface area is 151 Å². The Morgan fingerprint density at radius 2 is 2.08 bits per heavy atom. The Hall–Kier alpha value is -2.19. The van der Waals surface area contributed by atoms with Crippen molar-refractivity contribution < 1.29 is 17.9 Å². The molecule has 0 aliphatic carbocycles. The summed E-state index contributed by atoms with van der Waals surface area (Å²) < 4.78 is 30.0. The Balaban J connectivity index is 2.10. The molecule has 6 nitrogen and oxygen atoms in total. The topological polar surface area (TPSA) is 76.6 Å². The van der Waals surface area contributed by atoms with Crippen molar-refractivity contribution >= 4 is 33.3 Å². The third-order valence-corrected chi connectivity index (χ3v) is 6.03. The number of ether oxygens (including phenoxy) is 1. The van der Waals surface area contributed by atoms with Crippen molar-refractivity contribution in [2.45, 2.75) is 20.5 Å². The first-order chi connectivity index (χ1) is 11.8. The molecule has 0 spiro atoms. The fourth-order valence-corrected chi connectivity index (χ4v) is 3.29. The van der Waals surface area contributed by atoms with Crippen LogP contribution < -0.4 is 4.74 Å². The molecular formula is C17H20N2O4S2. The van der Waals surface area contributed by atoms with E-state index in [0.717, 1.165) is 15.0 Å². The van der Waals surface area contributed by atoms with Gasteiger partial charge in [0.05, 0.1) is 16.5 Å². The van der Waals surface area contributed by atoms with E-state index in [1.165, 1.54) is 20.0 Å². The standard InChI is InChI=1S/C17H20N2O4S2/c1-4-25(21,22)19(3)17(20)10-9-14-7-5-6-8-16(14)23-11-15-12-24-13(2)18-15/h5-10,12H,4,11H2,1-3H3/b10-9+. The Kier molecular flexibility index (Phi) is 6.33. The average molecular weight is 380 g/mol. The highest BCUT2D eigenvalue weighted by molar-refractivity contribution is 7.89. The number of aromatic nitrogens is 1. The van der Waals surface area contributed by atoms with E-state index in [0.29, 0.717) is 17.9 Å². The van der Waals surface area contributed by atoms with Crippen LogP contribution in [0.15, 0.2) is 35.7 Å². The molecule has 0 fully saturated rings. The first-order valence-corrected chi connectivity index (χ1v) is 10.1. The number of carbonyl (C=O) groups excluding carboxylic acids is 1. The van der Waals surface area contributed by atoms with E-state index >= 15 is 0 Å². The molecule has 2 rings (SSSR count). The number of carbonyl (C=O) groups is 1. The molecule has 1 aromatic heterocycles. The molecule has 2 aromatic rings. The quantitative estimate of drug-likeness (QED) is 0.691. The molecular weight excluding hydrogens is 360 g/mol. The maximum Gasteiger partial charge on any atom is 0.259 e. The van der Waals surface area contributed by atoms with Gasteiger partial charge in [0.1, 0.15) is 12.4 Å². The number of nitrogens with zero attached hydrogens (tertiary/aromatic N) is 2. The lowest BCUT2D eigenvalue weighted by Gasteiger charge is -2.14. The molecule has 1 aromatic carbocycles. The molecule has 0 atom stereocenters. The summed E-state index contributed by atoms with van der Waals surface area (Å²) in [5, 5.41) is 2.90. The fourth-order valence-electron chi connectivity index (χ4n) is 1.97. The second kappa shape index (κ2) is 8.26. The third kappa shape index (κ3) is 5.14. The minimum absolute atomic E-state index is 0.129. The lowest BCUT2D eigenvalue weighted by molar-refractivity contribution is -0.120. The van der Waals surface area contributed by atoms with Gasteiger partial charge in [0.15, 0.2) is 0 Å². The molecule has 0 N–H and O–H groups in total. The summed E-state index contributed by atoms with van der Waals surface area (Å²) in [5.41, 5.74) is 1.52. The van der Waals surface area contributed by atoms with E-state index < -0.39 is 15.9 Å². The number of hydrogen-bond donors (Lipinski definition) is 0. The van der Waals surface area contributed by atoms with Crippen LogP contribution >= 0.6 is 11.3 Å². The number of thiazole rings is 1. The lowest BCUT2D eigenvalue weighted by Crippen LogP contribution is -2.32. The molecule has 134 valence electrons. The number of benzene rings is 1. The molecule has 25 heavy (non-hydrogen) atoms. The summed E-state index contributed by atoms with van der Waals surface area (Å²) in [7, 11) is -2.31. The summed E-state index contributed by atoms with van der Waals surface area (Å²) in [6.07, 6.45) is 2.77. The molecule has 0 saturated heterocycles. The highest BCUT2D eigenvalue weighted by Gasteiger charge is 2.18. The van der Waals surface area contributed by atoms with E-state index in [1.807, 2.05) is 24.4 Å². The highest BCUT2D eigenvalue weighted by atomic mass is 32.2. The molecule has 0 bridgehead atoms. The van der Waals surface area contributed by atoms with Gasteiger partial charge in [-0.2, -0.15) is 0 Å². The van der Waals surface area contributed by atoms with Crippen LogP contribution in [0.1, 0.15) is 23.2 Å². The highest BCUT2D eigenvalue weighted by Crippen LogP contribution is 2.21. The number of likely N-dealkylation sites (N-methyl/N-ethyl adjacent to an activating group) is 1. The maximum absolute atomic E-state index is 12.0. The number of aryl methyl sites for hydroxylation is 1. The van der Waals surface area contributed by atoms with E-state index in [-0.39, 0.29) is 5.75 Å². The van der Waals surface area contributed by atoms with Gasteiger partial charge < -0.3 is 4.74 Å². The van der Waals surface area contributed by atoms with Crippen LogP contribution in [0.2, 0.25) is 0 Å². The number of para-hydroxylation sites is 1. The van der Waals surface area contributed by atoms with Crippen molar-refractivity contribution in [2.24, 2.45) is 0 Å². The van der Waals surface area contributed by atoms with Crippen LogP contribution in [0.3, 0.4) is 0 Å². The Morgan fingerprint density at radius 3 is 2.72 bits per heavy atom. The summed E-state index contributed by atoms with van der Waals surface area (Å²) in [6, 6.07) is 7.22. The van der Waals surface area contributed by atoms with Crippen LogP contribution in [0.5, 0.6) is 5.75 Å². The van der Waals surface area contributed by atoms with Crippen molar-refractivity contribution in [3.63, 3.8) is 0 Å². The maximum atomic E-state index is 12.0. The third-order valence-electron chi connectivity index (χ3n) is 3.46. The van der Waals surface area contributed by atoms with Gasteiger partial charge in [0.25, 0.3) is 5.91 Å². The molecule has 0 aliphatic rings. The monoisotopic (exact) mass is 380 g/mol. The summed E-state index contributed by atoms with van der Waals surface area (Å²) >= 11 is 1.55. The van der Waals surface area contributed by atoms with Crippen molar-refractivity contribution in [1.82, 2.24) is 9.29 Å². The average Bonchev–Trinajstić information content (AvgIpc) is 3.03. The second-order valence-corrected chi connectivity index (χ2v) is 8.58. The zero-order valence-corrected chi connectivity index (χ0v) is 15.9. The van der Waals surface area contributed by atoms with E-state index in [1.54, 1.807) is 29.5 Å². The second-order valence-electron chi connectivity index (χ2n) is 5.22. The Morgan fingerprint density at radius 1 is 1.36 bits per heavy atom. The zero-order valence-electron chi connectivity index (χ0n) is 14.3. The number of amides is 1. The van der Waals surface area contributed by atoms with Crippen LogP contribution in [-0.4, -0.2) is 36.4 Å². The fraction of sp³-hybridized carbons (Fsp3) is 0.294. The molecule has 8 heteroatoms. The van der Waals surface area contributed by atoms with Gasteiger partial charge in [-0.15, -0.1) is 11.3 Å². The largest absolute Gasteiger partial charge is 0.487 e. The van der Waals surface area contributed by atoms with Gasteiger partial charge in [-0.1, -0.05) is 18.2 Å². The molecule has 0 saturated carbocycles. The summed E-state index contributed by atoms with van der Waals surface area (Å²) in [6.45, 7) is 3.75. The minimum atomic E-state index is -3.56. The van der Waals surface area contributed by atoms with Crippen molar-refractivity contribution in [2.75, 3.05) is 12.8 Å². The number of rotatable bonds is 7. The van der Waals surface area contributed by atoms with Gasteiger partial charge in [-0.05, 0) is 26.0 Å². The number of hydrogen-bond acceptors (Lipinski definition) is 6. The zero-order chi connectivity index (χ0) is 18.4. The molecule has 1 heterocycles. The van der Waals surface area contributed by atoms with Crippen LogP contribution in [0, 0.1) is 6.92 Å². The van der Waals surface area contributed by atoms with Gasteiger partial charge in [0, 0.05) is 24.1 Å². The molecule has 0 aliphatic heterocycles. The SMILES string of the molecule is CCS(=O)(=O)N(C)C(=O)/C=C/c1ccccc1OCc1csc(C)n1. The predicted octanol–water partition coefficient (Wildman–Crippen LogP) is 2.85. The predicted molar refractivity (Wildman–Crippen MR) is 98.9 cm³/mol. The summed E-state index contributed by atoms with van der Waals surface area (Å²) in [5.74, 6) is -0.138. The first kappa shape index (κ1) is 19.1. The van der Waals surface area contributed by atoms with Crippen molar-refractivity contribution in [3.8, 4) is 5.75 Å². The van der Waals surface area contributed by atoms with E-state index in [4.69, 9.17) is 4.74 Å². The normalized spacial score (nSPS) is 11.6. The summed E-state index contributed by atoms with van der Waals surface area (Å²) in [4.78, 5) is 16.4. The van der Waals surface area contributed by atoms with Crippen LogP contribution in [-0.2, 0) is 21.4 Å². The van der Waals surface area contributed by atoms with Crippen molar-refractivity contribution in [3.05, 3.63) is 52.0 Å². The molecule has 0 unspecified atom stereocenters. The van der Waals surface area contributed by atoms with Crippen molar-refractivity contribution in [1.29, 1.82) is 0 Å².